The zero-order valence-corrected chi connectivity index (χ0v) is 15.0. The summed E-state index contributed by atoms with van der Waals surface area (Å²) in [5, 5.41) is 10.8. The van der Waals surface area contributed by atoms with Crippen LogP contribution in [0.3, 0.4) is 0 Å². The summed E-state index contributed by atoms with van der Waals surface area (Å²) in [5.41, 5.74) is 0.929. The van der Waals surface area contributed by atoms with E-state index in [-0.39, 0.29) is 37.1 Å². The molecule has 0 N–H and O–H groups in total. The van der Waals surface area contributed by atoms with Crippen molar-refractivity contribution in [2.45, 2.75) is 38.5 Å². The standard InChI is InChI=1S/C18H19FN4O5/c19-14-7-12(4-5-15(14)22-6-2-1-3-17(22)24)10-27-13-8-21-9-16(23(25)26)20-18(21)28-11-13/h4-5,7,9,13H,1-3,6,8,10-11H2/t13-/m0/s1. The molecule has 0 aliphatic carbocycles. The van der Waals surface area contributed by atoms with Crippen LogP contribution in [0.4, 0.5) is 15.9 Å². The molecule has 28 heavy (non-hydrogen) atoms. The van der Waals surface area contributed by atoms with E-state index in [0.717, 1.165) is 12.8 Å². The van der Waals surface area contributed by atoms with E-state index < -0.39 is 10.7 Å². The third-order valence-electron chi connectivity index (χ3n) is 4.82. The molecule has 1 aromatic heterocycles. The minimum Gasteiger partial charge on any atom is -0.443 e. The number of hydrogen-bond acceptors (Lipinski definition) is 6. The van der Waals surface area contributed by atoms with Gasteiger partial charge in [0, 0.05) is 17.9 Å². The van der Waals surface area contributed by atoms with Crippen molar-refractivity contribution in [1.82, 2.24) is 9.55 Å². The highest BCUT2D eigenvalue weighted by molar-refractivity contribution is 5.94. The number of piperidine rings is 1. The van der Waals surface area contributed by atoms with Crippen LogP contribution in [-0.4, -0.2) is 39.6 Å². The van der Waals surface area contributed by atoms with E-state index in [1.807, 2.05) is 0 Å². The Kier molecular flexibility index (Phi) is 4.95. The molecule has 2 aliphatic rings. The number of hydrogen-bond donors (Lipinski definition) is 0. The van der Waals surface area contributed by atoms with Gasteiger partial charge in [0.25, 0.3) is 0 Å². The number of fused-ring (bicyclic) bond motifs is 1. The monoisotopic (exact) mass is 390 g/mol. The predicted octanol–water partition coefficient (Wildman–Crippen LogP) is 2.43. The molecule has 0 unspecified atom stereocenters. The fourth-order valence-electron chi connectivity index (χ4n) is 3.39. The molecule has 2 aromatic rings. The number of nitrogens with zero attached hydrogens (tertiary/aromatic N) is 4. The van der Waals surface area contributed by atoms with Gasteiger partial charge in [0.05, 0.1) is 18.8 Å². The number of halogens is 1. The Labute approximate surface area is 159 Å². The summed E-state index contributed by atoms with van der Waals surface area (Å²) in [4.78, 5) is 27.5. The van der Waals surface area contributed by atoms with Crippen LogP contribution >= 0.6 is 0 Å². The first-order valence-corrected chi connectivity index (χ1v) is 9.06. The van der Waals surface area contributed by atoms with Crippen LogP contribution in [0, 0.1) is 15.9 Å². The van der Waals surface area contributed by atoms with Crippen LogP contribution in [0.5, 0.6) is 6.01 Å². The smallest absolute Gasteiger partial charge is 0.414 e. The molecule has 1 fully saturated rings. The largest absolute Gasteiger partial charge is 0.443 e. The minimum absolute atomic E-state index is 0.0567. The number of rotatable bonds is 5. The SMILES string of the molecule is O=C1CCCCN1c1ccc(CO[C@@H]2COc3nc([N+](=O)[O-])cn3C2)cc1F. The molecular formula is C18H19FN4O5. The lowest BCUT2D eigenvalue weighted by Crippen LogP contribution is -2.35. The maximum atomic E-state index is 14.5. The number of carbonyl (C=O) groups excluding carboxylic acids is 1. The highest BCUT2D eigenvalue weighted by Gasteiger charge is 2.28. The number of carbonyl (C=O) groups is 1. The van der Waals surface area contributed by atoms with Gasteiger partial charge < -0.3 is 24.5 Å². The number of ether oxygens (including phenoxy) is 2. The number of nitro groups is 1. The summed E-state index contributed by atoms with van der Waals surface area (Å²) in [6, 6.07) is 4.89. The fraction of sp³-hybridized carbons (Fsp3) is 0.444. The second-order valence-corrected chi connectivity index (χ2v) is 6.82. The summed E-state index contributed by atoms with van der Waals surface area (Å²) < 4.78 is 27.2. The lowest BCUT2D eigenvalue weighted by atomic mass is 10.1. The Balaban J connectivity index is 1.38. The molecule has 1 saturated heterocycles. The van der Waals surface area contributed by atoms with E-state index in [1.54, 1.807) is 12.1 Å². The van der Waals surface area contributed by atoms with Crippen molar-refractivity contribution >= 4 is 17.4 Å². The molecule has 9 nitrogen and oxygen atoms in total. The number of anilines is 1. The zero-order valence-electron chi connectivity index (χ0n) is 15.0. The van der Waals surface area contributed by atoms with Gasteiger partial charge >= 0.3 is 11.8 Å². The summed E-state index contributed by atoms with van der Waals surface area (Å²) in [6.45, 7) is 1.26. The molecule has 3 heterocycles. The van der Waals surface area contributed by atoms with Crippen LogP contribution < -0.4 is 9.64 Å². The molecule has 1 atom stereocenters. The second kappa shape index (κ2) is 7.55. The third-order valence-corrected chi connectivity index (χ3v) is 4.82. The van der Waals surface area contributed by atoms with Crippen LogP contribution in [0.2, 0.25) is 0 Å². The molecule has 0 spiro atoms. The van der Waals surface area contributed by atoms with E-state index in [0.29, 0.717) is 30.8 Å². The van der Waals surface area contributed by atoms with Gasteiger partial charge in [0.15, 0.2) is 0 Å². The average Bonchev–Trinajstić information content (AvgIpc) is 3.11. The third kappa shape index (κ3) is 3.68. The molecule has 148 valence electrons. The summed E-state index contributed by atoms with van der Waals surface area (Å²) in [7, 11) is 0. The first-order valence-electron chi connectivity index (χ1n) is 9.06. The van der Waals surface area contributed by atoms with Crippen LogP contribution in [0.1, 0.15) is 24.8 Å². The number of amides is 1. The van der Waals surface area contributed by atoms with E-state index in [4.69, 9.17) is 9.47 Å². The molecular weight excluding hydrogens is 371 g/mol. The summed E-state index contributed by atoms with van der Waals surface area (Å²) in [6.07, 6.45) is 3.11. The van der Waals surface area contributed by atoms with Crippen molar-refractivity contribution in [2.24, 2.45) is 0 Å². The number of benzene rings is 1. The first kappa shape index (κ1) is 18.4. The van der Waals surface area contributed by atoms with Crippen molar-refractivity contribution in [3.8, 4) is 6.01 Å². The molecule has 4 rings (SSSR count). The summed E-state index contributed by atoms with van der Waals surface area (Å²) in [5.74, 6) is -0.789. The van der Waals surface area contributed by atoms with E-state index in [9.17, 15) is 19.3 Å². The zero-order chi connectivity index (χ0) is 19.7. The molecule has 1 aromatic carbocycles. The van der Waals surface area contributed by atoms with Gasteiger partial charge in [-0.15, -0.1) is 0 Å². The van der Waals surface area contributed by atoms with Gasteiger partial charge in [-0.3, -0.25) is 9.36 Å². The van der Waals surface area contributed by atoms with Gasteiger partial charge in [-0.2, -0.15) is 0 Å². The second-order valence-electron chi connectivity index (χ2n) is 6.82. The maximum Gasteiger partial charge on any atom is 0.414 e. The number of imidazole rings is 1. The molecule has 10 heteroatoms. The Bertz CT molecular complexity index is 915. The topological polar surface area (TPSA) is 99.7 Å². The Morgan fingerprint density at radius 2 is 2.25 bits per heavy atom. The lowest BCUT2D eigenvalue weighted by molar-refractivity contribution is -0.389. The normalized spacial score (nSPS) is 19.2. The van der Waals surface area contributed by atoms with Gasteiger partial charge in [0.1, 0.15) is 24.7 Å². The molecule has 0 radical (unpaired) electrons. The first-order chi connectivity index (χ1) is 13.5. The Morgan fingerprint density at radius 3 is 3.00 bits per heavy atom. The highest BCUT2D eigenvalue weighted by Crippen LogP contribution is 2.26. The van der Waals surface area contributed by atoms with Gasteiger partial charge in [0.2, 0.25) is 5.91 Å². The van der Waals surface area contributed by atoms with Crippen LogP contribution in [-0.2, 0) is 22.7 Å². The van der Waals surface area contributed by atoms with Crippen molar-refractivity contribution in [3.63, 3.8) is 0 Å². The maximum absolute atomic E-state index is 14.5. The number of aromatic nitrogens is 2. The Hall–Kier alpha value is -3.01. The van der Waals surface area contributed by atoms with Gasteiger partial charge in [-0.05, 0) is 35.5 Å². The summed E-state index contributed by atoms with van der Waals surface area (Å²) >= 11 is 0. The highest BCUT2D eigenvalue weighted by atomic mass is 19.1. The predicted molar refractivity (Wildman–Crippen MR) is 95.6 cm³/mol. The van der Waals surface area contributed by atoms with Crippen molar-refractivity contribution in [1.29, 1.82) is 0 Å². The molecule has 0 saturated carbocycles. The lowest BCUT2D eigenvalue weighted by Gasteiger charge is -2.27. The van der Waals surface area contributed by atoms with Crippen LogP contribution in [0.25, 0.3) is 0 Å². The molecule has 1 amide bonds. The van der Waals surface area contributed by atoms with E-state index in [2.05, 4.69) is 4.98 Å². The van der Waals surface area contributed by atoms with Gasteiger partial charge in [-0.1, -0.05) is 6.07 Å². The van der Waals surface area contributed by atoms with Crippen molar-refractivity contribution < 1.29 is 23.6 Å². The van der Waals surface area contributed by atoms with E-state index >= 15 is 0 Å². The van der Waals surface area contributed by atoms with E-state index in [1.165, 1.54) is 21.7 Å². The van der Waals surface area contributed by atoms with Crippen molar-refractivity contribution in [3.05, 3.63) is 45.9 Å². The quantitative estimate of drug-likeness (QED) is 0.574. The van der Waals surface area contributed by atoms with Crippen LogP contribution in [0.15, 0.2) is 24.4 Å². The average molecular weight is 390 g/mol. The van der Waals surface area contributed by atoms with Crippen molar-refractivity contribution in [2.75, 3.05) is 18.1 Å². The minimum atomic E-state index is -0.581. The Morgan fingerprint density at radius 1 is 1.39 bits per heavy atom. The fourth-order valence-corrected chi connectivity index (χ4v) is 3.39. The molecule has 0 bridgehead atoms. The molecule has 2 aliphatic heterocycles. The van der Waals surface area contributed by atoms with Gasteiger partial charge in [-0.25, -0.2) is 4.39 Å².